The van der Waals surface area contributed by atoms with Crippen LogP contribution in [0, 0.1) is 24.4 Å². The van der Waals surface area contributed by atoms with Crippen LogP contribution in [0.1, 0.15) is 41.9 Å². The molecule has 29 heavy (non-hydrogen) atoms. The van der Waals surface area contributed by atoms with Gasteiger partial charge in [0.25, 0.3) is 0 Å². The Labute approximate surface area is 171 Å². The third-order valence-electron chi connectivity index (χ3n) is 4.95. The van der Waals surface area contributed by atoms with Gasteiger partial charge in [0.15, 0.2) is 11.6 Å². The summed E-state index contributed by atoms with van der Waals surface area (Å²) in [6.07, 6.45) is 0.0711. The zero-order valence-corrected chi connectivity index (χ0v) is 18.0. The van der Waals surface area contributed by atoms with Crippen LogP contribution < -0.4 is 0 Å². The van der Waals surface area contributed by atoms with Gasteiger partial charge in [-0.05, 0) is 73.5 Å². The third kappa shape index (κ3) is 4.75. The second-order valence-corrected chi connectivity index (χ2v) is 10.1. The van der Waals surface area contributed by atoms with Crippen molar-refractivity contribution in [2.24, 2.45) is 0 Å². The maximum absolute atomic E-state index is 13.7. The number of aryl methyl sites for hydroxylation is 1. The molecule has 1 N–H and O–H groups in total. The Bertz CT molecular complexity index is 1080. The smallest absolute Gasteiger partial charge is 0.324 e. The molecule has 3 unspecified atom stereocenters. The molecule has 0 spiro atoms. The molecule has 3 nitrogen and oxygen atoms in total. The van der Waals surface area contributed by atoms with E-state index in [1.54, 1.807) is 19.9 Å². The van der Waals surface area contributed by atoms with Gasteiger partial charge < -0.3 is 9.42 Å². The second kappa shape index (κ2) is 8.60. The molecule has 0 radical (unpaired) electrons. The van der Waals surface area contributed by atoms with Crippen LogP contribution in [0.3, 0.4) is 0 Å². The van der Waals surface area contributed by atoms with E-state index >= 15 is 0 Å². The molecule has 0 fully saturated rings. The fraction of sp³-hybridized carbons (Fsp3) is 0.333. The average molecular weight is 442 g/mol. The highest BCUT2D eigenvalue weighted by Gasteiger charge is 2.38. The van der Waals surface area contributed by atoms with Crippen molar-refractivity contribution in [1.29, 1.82) is 0 Å². The molecule has 1 heterocycles. The molecule has 0 aliphatic carbocycles. The van der Waals surface area contributed by atoms with Crippen LogP contribution in [-0.4, -0.2) is 11.0 Å². The Hall–Kier alpha value is -1.66. The number of hydrogen-bond donors (Lipinski definition) is 1. The van der Waals surface area contributed by atoms with Gasteiger partial charge in [-0.25, -0.2) is 13.2 Å². The molecule has 0 aliphatic heterocycles. The summed E-state index contributed by atoms with van der Waals surface area (Å²) in [7, 11) is -4.18. The zero-order chi connectivity index (χ0) is 21.3. The fourth-order valence-electron chi connectivity index (χ4n) is 3.18. The van der Waals surface area contributed by atoms with Gasteiger partial charge in [0.1, 0.15) is 5.82 Å². The van der Waals surface area contributed by atoms with E-state index in [-0.39, 0.29) is 6.42 Å². The fourth-order valence-corrected chi connectivity index (χ4v) is 6.66. The lowest BCUT2D eigenvalue weighted by Gasteiger charge is -2.25. The van der Waals surface area contributed by atoms with Crippen molar-refractivity contribution in [2.45, 2.75) is 45.4 Å². The number of thiophene rings is 1. The second-order valence-electron chi connectivity index (χ2n) is 7.09. The number of fused-ring (bicyclic) bond motifs is 1. The van der Waals surface area contributed by atoms with Crippen LogP contribution in [-0.2, 0) is 15.5 Å². The Kier molecular flexibility index (Phi) is 6.54. The van der Waals surface area contributed by atoms with Gasteiger partial charge in [-0.2, -0.15) is 0 Å². The van der Waals surface area contributed by atoms with E-state index in [1.165, 1.54) is 29.5 Å². The molecule has 0 saturated heterocycles. The highest BCUT2D eigenvalue weighted by atomic mass is 32.1. The molecule has 8 heteroatoms. The molecule has 1 aromatic heterocycles. The number of benzene rings is 2. The van der Waals surface area contributed by atoms with Crippen LogP contribution in [0.4, 0.5) is 13.2 Å². The number of hydrogen-bond acceptors (Lipinski definition) is 3. The Morgan fingerprint density at radius 2 is 1.86 bits per heavy atom. The van der Waals surface area contributed by atoms with Crippen molar-refractivity contribution in [2.75, 3.05) is 0 Å². The summed E-state index contributed by atoms with van der Waals surface area (Å²) in [5, 5.41) is 0.656. The van der Waals surface area contributed by atoms with Gasteiger partial charge in [-0.15, -0.1) is 11.3 Å². The van der Waals surface area contributed by atoms with Crippen molar-refractivity contribution in [1.82, 2.24) is 0 Å². The number of halogens is 3. The minimum atomic E-state index is -4.18. The lowest BCUT2D eigenvalue weighted by molar-refractivity contribution is 0.180. The van der Waals surface area contributed by atoms with Gasteiger partial charge in [0.2, 0.25) is 0 Å². The van der Waals surface area contributed by atoms with E-state index in [9.17, 15) is 22.6 Å². The van der Waals surface area contributed by atoms with E-state index < -0.39 is 36.8 Å². The highest BCUT2D eigenvalue weighted by Crippen LogP contribution is 2.61. The van der Waals surface area contributed by atoms with Gasteiger partial charge in [0, 0.05) is 9.58 Å². The zero-order valence-electron chi connectivity index (χ0n) is 16.3. The first kappa shape index (κ1) is 22.0. The first-order valence-corrected chi connectivity index (χ1v) is 11.7. The highest BCUT2D eigenvalue weighted by molar-refractivity contribution is 7.53. The molecule has 0 aliphatic rings. The molecule has 3 aromatic rings. The summed E-state index contributed by atoms with van der Waals surface area (Å²) in [6, 6.07) is 7.74. The minimum Gasteiger partial charge on any atom is -0.324 e. The van der Waals surface area contributed by atoms with Gasteiger partial charge in [0.05, 0.1) is 11.8 Å². The quantitative estimate of drug-likeness (QED) is 0.405. The standard InChI is InChI=1S/C21H22F3O3PS/c1-4-12(2)27-28(25,26)19(10-14-5-7-17(23)18(24)9-14)21-13(3)16-11-15(22)6-8-20(16)29-21/h5-9,11-12,19H,4,10H2,1-3H3,(H,25,26). The van der Waals surface area contributed by atoms with Gasteiger partial charge in [-0.3, -0.25) is 4.57 Å². The molecule has 3 atom stereocenters. The van der Waals surface area contributed by atoms with Crippen molar-refractivity contribution >= 4 is 29.0 Å². The molecule has 0 bridgehead atoms. The van der Waals surface area contributed by atoms with Gasteiger partial charge in [-0.1, -0.05) is 13.0 Å². The molecule has 2 aromatic carbocycles. The molecular formula is C21H22F3O3PS. The summed E-state index contributed by atoms with van der Waals surface area (Å²) in [4.78, 5) is 11.4. The lowest BCUT2D eigenvalue weighted by Crippen LogP contribution is -2.12. The largest absolute Gasteiger partial charge is 0.336 e. The summed E-state index contributed by atoms with van der Waals surface area (Å²) in [6.45, 7) is 5.29. The van der Waals surface area contributed by atoms with Crippen molar-refractivity contribution in [3.63, 3.8) is 0 Å². The van der Waals surface area contributed by atoms with Gasteiger partial charge >= 0.3 is 7.60 Å². The third-order valence-corrected chi connectivity index (χ3v) is 8.40. The van der Waals surface area contributed by atoms with Crippen LogP contribution in [0.15, 0.2) is 36.4 Å². The van der Waals surface area contributed by atoms with Crippen LogP contribution in [0.25, 0.3) is 10.1 Å². The normalized spacial score (nSPS) is 16.0. The van der Waals surface area contributed by atoms with Crippen LogP contribution in [0.5, 0.6) is 0 Å². The minimum absolute atomic E-state index is 0.0163. The summed E-state index contributed by atoms with van der Waals surface area (Å²) in [5.41, 5.74) is 0.0693. The van der Waals surface area contributed by atoms with E-state index in [0.717, 1.165) is 16.8 Å². The van der Waals surface area contributed by atoms with E-state index in [0.29, 0.717) is 27.8 Å². The summed E-state index contributed by atoms with van der Waals surface area (Å²) < 4.78 is 60.2. The lowest BCUT2D eigenvalue weighted by atomic mass is 10.0. The summed E-state index contributed by atoms with van der Waals surface area (Å²) in [5.74, 6) is -2.40. The molecule has 156 valence electrons. The molecule has 0 saturated carbocycles. The van der Waals surface area contributed by atoms with E-state index in [2.05, 4.69) is 0 Å². The Morgan fingerprint density at radius 1 is 1.14 bits per heavy atom. The van der Waals surface area contributed by atoms with Crippen LogP contribution in [0.2, 0.25) is 0 Å². The first-order valence-electron chi connectivity index (χ1n) is 9.25. The SMILES string of the molecule is CCC(C)OP(=O)(O)C(Cc1ccc(F)c(F)c1)c1sc2ccc(F)cc2c1C. The maximum atomic E-state index is 13.7. The molecule has 0 amide bonds. The van der Waals surface area contributed by atoms with E-state index in [1.807, 2.05) is 6.92 Å². The topological polar surface area (TPSA) is 46.5 Å². The first-order chi connectivity index (χ1) is 13.6. The van der Waals surface area contributed by atoms with Crippen molar-refractivity contribution < 1.29 is 27.2 Å². The van der Waals surface area contributed by atoms with Crippen molar-refractivity contribution in [3.05, 3.63) is 69.9 Å². The average Bonchev–Trinajstić information content (AvgIpc) is 2.97. The van der Waals surface area contributed by atoms with Crippen molar-refractivity contribution in [3.8, 4) is 0 Å². The van der Waals surface area contributed by atoms with Crippen LogP contribution >= 0.6 is 18.9 Å². The predicted molar refractivity (Wildman–Crippen MR) is 110 cm³/mol. The maximum Gasteiger partial charge on any atom is 0.336 e. The Morgan fingerprint density at radius 3 is 2.52 bits per heavy atom. The monoisotopic (exact) mass is 442 g/mol. The predicted octanol–water partition coefficient (Wildman–Crippen LogP) is 6.91. The number of rotatable bonds is 7. The van der Waals surface area contributed by atoms with E-state index in [4.69, 9.17) is 4.52 Å². The molecular weight excluding hydrogens is 420 g/mol. The summed E-state index contributed by atoms with van der Waals surface area (Å²) >= 11 is 1.28. The Balaban J connectivity index is 2.10. The molecule has 3 rings (SSSR count).